The Morgan fingerprint density at radius 3 is 2.67 bits per heavy atom. The number of benzene rings is 1. The molecule has 5 rings (SSSR count). The minimum atomic E-state index is -0.112. The lowest BCUT2D eigenvalue weighted by Gasteiger charge is -2.42. The number of allylic oxidation sites excluding steroid dienone is 6. The highest BCUT2D eigenvalue weighted by Gasteiger charge is 2.31. The number of aliphatic imine (C=N–C) groups is 1. The molecule has 0 radical (unpaired) electrons. The quantitative estimate of drug-likeness (QED) is 0.448. The summed E-state index contributed by atoms with van der Waals surface area (Å²) in [6.07, 6.45) is 16.1. The van der Waals surface area contributed by atoms with E-state index in [0.717, 1.165) is 63.6 Å². The Kier molecular flexibility index (Phi) is 8.20. The van der Waals surface area contributed by atoms with Crippen molar-refractivity contribution in [3.05, 3.63) is 94.0 Å². The minimum absolute atomic E-state index is 0.112. The first-order valence-electron chi connectivity index (χ1n) is 13.2. The van der Waals surface area contributed by atoms with Crippen LogP contribution in [-0.4, -0.2) is 61.3 Å². The first-order valence-corrected chi connectivity index (χ1v) is 13.6. The van der Waals surface area contributed by atoms with E-state index in [1.807, 2.05) is 12.3 Å². The molecule has 2 aliphatic carbocycles. The molecule has 2 aliphatic heterocycles. The van der Waals surface area contributed by atoms with Gasteiger partial charge in [-0.25, -0.2) is 4.39 Å². The molecule has 1 aromatic carbocycles. The van der Waals surface area contributed by atoms with Gasteiger partial charge in [-0.1, -0.05) is 53.6 Å². The molecule has 3 unspecified atom stereocenters. The molecular weight excluding hydrogens is 471 g/mol. The zero-order valence-corrected chi connectivity index (χ0v) is 21.8. The third kappa shape index (κ3) is 6.08. The number of nitrogens with one attached hydrogen (secondary N) is 1. The van der Waals surface area contributed by atoms with Gasteiger partial charge < -0.3 is 10.2 Å². The van der Waals surface area contributed by atoms with Crippen LogP contribution in [0.25, 0.3) is 0 Å². The fraction of sp³-hybridized carbons (Fsp3) is 0.433. The molecule has 0 saturated carbocycles. The van der Waals surface area contributed by atoms with E-state index in [1.54, 1.807) is 12.2 Å². The van der Waals surface area contributed by atoms with E-state index in [2.05, 4.69) is 69.5 Å². The summed E-state index contributed by atoms with van der Waals surface area (Å²) < 4.78 is 13.7. The molecule has 0 spiro atoms. The van der Waals surface area contributed by atoms with E-state index in [-0.39, 0.29) is 17.9 Å². The number of fused-ring (bicyclic) bond motifs is 1. The molecule has 36 heavy (non-hydrogen) atoms. The van der Waals surface area contributed by atoms with Gasteiger partial charge in [0.1, 0.15) is 5.83 Å². The van der Waals surface area contributed by atoms with Crippen molar-refractivity contribution < 1.29 is 4.39 Å². The predicted molar refractivity (Wildman–Crippen MR) is 148 cm³/mol. The van der Waals surface area contributed by atoms with Gasteiger partial charge in [-0.05, 0) is 56.2 Å². The molecule has 0 aromatic heterocycles. The molecule has 1 fully saturated rings. The van der Waals surface area contributed by atoms with Crippen LogP contribution in [0.1, 0.15) is 36.4 Å². The lowest BCUT2D eigenvalue weighted by atomic mass is 9.86. The number of nitrogens with zero attached hydrogens (tertiary/aromatic N) is 3. The van der Waals surface area contributed by atoms with Gasteiger partial charge in [0, 0.05) is 73.6 Å². The van der Waals surface area contributed by atoms with Crippen molar-refractivity contribution in [1.29, 1.82) is 0 Å². The highest BCUT2D eigenvalue weighted by Crippen LogP contribution is 2.36. The summed E-state index contributed by atoms with van der Waals surface area (Å²) in [6.45, 7) is 8.35. The molecule has 0 amide bonds. The number of hydrogen-bond acceptors (Lipinski definition) is 4. The highest BCUT2D eigenvalue weighted by atomic mass is 35.5. The monoisotopic (exact) mass is 506 g/mol. The summed E-state index contributed by atoms with van der Waals surface area (Å²) in [4.78, 5) is 9.74. The van der Waals surface area contributed by atoms with Crippen molar-refractivity contribution in [2.75, 3.05) is 39.3 Å². The van der Waals surface area contributed by atoms with Gasteiger partial charge >= 0.3 is 0 Å². The molecule has 2 heterocycles. The number of dihydropyridines is 1. The van der Waals surface area contributed by atoms with Crippen LogP contribution in [0, 0.1) is 12.8 Å². The molecule has 4 nitrogen and oxygen atoms in total. The summed E-state index contributed by atoms with van der Waals surface area (Å²) in [7, 11) is 0. The van der Waals surface area contributed by atoms with Gasteiger partial charge in [0.2, 0.25) is 0 Å². The number of rotatable bonds is 8. The van der Waals surface area contributed by atoms with E-state index in [9.17, 15) is 4.39 Å². The Morgan fingerprint density at radius 1 is 1.11 bits per heavy atom. The van der Waals surface area contributed by atoms with Crippen LogP contribution in [0.4, 0.5) is 4.39 Å². The Balaban J connectivity index is 1.12. The van der Waals surface area contributed by atoms with Crippen molar-refractivity contribution in [3.63, 3.8) is 0 Å². The Hall–Kier alpha value is -2.47. The zero-order chi connectivity index (χ0) is 24.9. The highest BCUT2D eigenvalue weighted by molar-refractivity contribution is 6.29. The number of hydrogen-bond donors (Lipinski definition) is 1. The fourth-order valence-electron chi connectivity index (χ4n) is 5.66. The minimum Gasteiger partial charge on any atom is -0.385 e. The third-order valence-electron chi connectivity index (χ3n) is 7.69. The van der Waals surface area contributed by atoms with Crippen LogP contribution in [0.3, 0.4) is 0 Å². The average Bonchev–Trinajstić information content (AvgIpc) is 2.89. The van der Waals surface area contributed by atoms with Crippen LogP contribution in [0.5, 0.6) is 0 Å². The van der Waals surface area contributed by atoms with Crippen LogP contribution in [-0.2, 0) is 0 Å². The van der Waals surface area contributed by atoms with Crippen LogP contribution in [0.2, 0.25) is 0 Å². The van der Waals surface area contributed by atoms with Crippen molar-refractivity contribution in [3.8, 4) is 0 Å². The zero-order valence-electron chi connectivity index (χ0n) is 21.0. The standard InChI is InChI=1S/C30H36ClFN4/c1-22-3-5-23(6-4-22)30(24-7-10-26(32)11-8-24)36-19-17-35(18-20-36)16-2-14-33-28-13-15-34-29-21-25(31)9-12-27(28)29/h3-7,9-13,15,24,29-30,33H,2,8,14,16-21H2,1H3. The predicted octanol–water partition coefficient (Wildman–Crippen LogP) is 5.85. The van der Waals surface area contributed by atoms with Gasteiger partial charge in [-0.3, -0.25) is 9.89 Å². The van der Waals surface area contributed by atoms with E-state index in [4.69, 9.17) is 11.6 Å². The number of halogens is 2. The third-order valence-corrected chi connectivity index (χ3v) is 7.97. The molecular formula is C30H36ClFN4. The summed E-state index contributed by atoms with van der Waals surface area (Å²) in [5, 5.41) is 4.49. The maximum atomic E-state index is 13.7. The second-order valence-electron chi connectivity index (χ2n) is 10.2. The second kappa shape index (κ2) is 11.7. The Bertz CT molecular complexity index is 1110. The van der Waals surface area contributed by atoms with E-state index in [0.29, 0.717) is 5.92 Å². The van der Waals surface area contributed by atoms with Crippen LogP contribution >= 0.6 is 11.6 Å². The van der Waals surface area contributed by atoms with Crippen molar-refractivity contribution in [2.24, 2.45) is 10.9 Å². The van der Waals surface area contributed by atoms with Crippen LogP contribution in [0.15, 0.2) is 87.8 Å². The average molecular weight is 507 g/mol. The van der Waals surface area contributed by atoms with E-state index in [1.165, 1.54) is 22.4 Å². The number of aryl methyl sites for hydroxylation is 1. The molecule has 190 valence electrons. The summed E-state index contributed by atoms with van der Waals surface area (Å²) >= 11 is 6.19. The maximum absolute atomic E-state index is 13.7. The topological polar surface area (TPSA) is 30.9 Å². The van der Waals surface area contributed by atoms with Crippen molar-refractivity contribution in [2.45, 2.75) is 38.3 Å². The van der Waals surface area contributed by atoms with Gasteiger partial charge in [-0.15, -0.1) is 0 Å². The lowest BCUT2D eigenvalue weighted by Crippen LogP contribution is -2.49. The SMILES string of the molecule is Cc1ccc(C(C2C=CC(F)=CC2)N2CCN(CCCNC3=CC=NC4CC(Cl)=CC=C34)CC2)cc1. The Morgan fingerprint density at radius 2 is 1.92 bits per heavy atom. The molecule has 1 N–H and O–H groups in total. The van der Waals surface area contributed by atoms with Gasteiger partial charge in [0.15, 0.2) is 0 Å². The molecule has 3 atom stereocenters. The van der Waals surface area contributed by atoms with Crippen molar-refractivity contribution >= 4 is 17.8 Å². The van der Waals surface area contributed by atoms with Crippen LogP contribution < -0.4 is 5.32 Å². The largest absolute Gasteiger partial charge is 0.385 e. The summed E-state index contributed by atoms with van der Waals surface area (Å²) in [6, 6.07) is 9.32. The molecule has 0 bridgehead atoms. The second-order valence-corrected chi connectivity index (χ2v) is 10.7. The fourth-order valence-corrected chi connectivity index (χ4v) is 5.87. The molecule has 1 saturated heterocycles. The van der Waals surface area contributed by atoms with E-state index >= 15 is 0 Å². The van der Waals surface area contributed by atoms with Gasteiger partial charge in [0.05, 0.1) is 6.04 Å². The first-order chi connectivity index (χ1) is 17.6. The maximum Gasteiger partial charge on any atom is 0.118 e. The smallest absolute Gasteiger partial charge is 0.118 e. The van der Waals surface area contributed by atoms with E-state index < -0.39 is 0 Å². The summed E-state index contributed by atoms with van der Waals surface area (Å²) in [5.74, 6) is 0.192. The molecule has 6 heteroatoms. The first kappa shape index (κ1) is 25.2. The van der Waals surface area contributed by atoms with Gasteiger partial charge in [0.25, 0.3) is 0 Å². The molecule has 1 aromatic rings. The molecule has 4 aliphatic rings. The number of piperazine rings is 1. The lowest BCUT2D eigenvalue weighted by molar-refractivity contribution is 0.0774. The van der Waals surface area contributed by atoms with Crippen molar-refractivity contribution in [1.82, 2.24) is 15.1 Å². The Labute approximate surface area is 219 Å². The summed E-state index contributed by atoms with van der Waals surface area (Å²) in [5.41, 5.74) is 5.02. The normalized spacial score (nSPS) is 25.4. The van der Waals surface area contributed by atoms with Gasteiger partial charge in [-0.2, -0.15) is 0 Å².